The molecule has 2 aromatic rings. The van der Waals surface area contributed by atoms with Crippen molar-refractivity contribution in [1.29, 1.82) is 0 Å². The molecule has 0 atom stereocenters. The third-order valence-corrected chi connectivity index (χ3v) is 2.35. The lowest BCUT2D eigenvalue weighted by Gasteiger charge is -2.03. The summed E-state index contributed by atoms with van der Waals surface area (Å²) in [6, 6.07) is 11.0. The van der Waals surface area contributed by atoms with Crippen LogP contribution in [0, 0.1) is 0 Å². The molecule has 1 heterocycles. The quantitative estimate of drug-likeness (QED) is 0.512. The zero-order chi connectivity index (χ0) is 13.7. The number of nitrogens with zero attached hydrogens (tertiary/aromatic N) is 1. The molecule has 19 heavy (non-hydrogen) atoms. The van der Waals surface area contributed by atoms with E-state index in [9.17, 15) is 4.79 Å². The lowest BCUT2D eigenvalue weighted by molar-refractivity contribution is -0.892. The average Bonchev–Trinajstić information content (AvgIpc) is 2.42. The fourth-order valence-electron chi connectivity index (χ4n) is 1.51. The molecule has 1 aromatic carbocycles. The molecular formula is C14H14NO4+. The molecule has 5 heteroatoms. The van der Waals surface area contributed by atoms with Gasteiger partial charge in [0.15, 0.2) is 6.61 Å². The van der Waals surface area contributed by atoms with Crippen LogP contribution in [0.5, 0.6) is 11.5 Å². The fourth-order valence-corrected chi connectivity index (χ4v) is 1.51. The van der Waals surface area contributed by atoms with Gasteiger partial charge in [-0.1, -0.05) is 0 Å². The van der Waals surface area contributed by atoms with Crippen molar-refractivity contribution >= 4 is 5.97 Å². The van der Waals surface area contributed by atoms with Crippen LogP contribution in [0.25, 0.3) is 0 Å². The van der Waals surface area contributed by atoms with Crippen molar-refractivity contribution in [3.05, 3.63) is 54.4 Å². The molecule has 0 fully saturated rings. The van der Waals surface area contributed by atoms with Gasteiger partial charge in [-0.05, 0) is 37.3 Å². The average molecular weight is 260 g/mol. The number of hydrogen-bond donors (Lipinski definition) is 1. The maximum absolute atomic E-state index is 12.0. The number of benzene rings is 1. The van der Waals surface area contributed by atoms with Gasteiger partial charge in [0.1, 0.15) is 11.5 Å². The highest BCUT2D eigenvalue weighted by Crippen LogP contribution is 2.16. The van der Waals surface area contributed by atoms with Crippen LogP contribution in [0.2, 0.25) is 0 Å². The summed E-state index contributed by atoms with van der Waals surface area (Å²) in [7, 11) is 0. The van der Waals surface area contributed by atoms with Gasteiger partial charge < -0.3 is 9.84 Å². The first-order valence-corrected chi connectivity index (χ1v) is 5.86. The van der Waals surface area contributed by atoms with Gasteiger partial charge in [0.2, 0.25) is 6.20 Å². The van der Waals surface area contributed by atoms with E-state index < -0.39 is 5.97 Å². The van der Waals surface area contributed by atoms with E-state index in [2.05, 4.69) is 0 Å². The lowest BCUT2D eigenvalue weighted by Crippen LogP contribution is -2.48. The number of rotatable bonds is 4. The van der Waals surface area contributed by atoms with E-state index in [4.69, 9.17) is 14.7 Å². The smallest absolute Gasteiger partial charge is 0.414 e. The van der Waals surface area contributed by atoms with Crippen LogP contribution in [0.4, 0.5) is 0 Å². The largest absolute Gasteiger partial charge is 0.508 e. The molecule has 1 N–H and O–H groups in total. The molecule has 0 aliphatic carbocycles. The maximum Gasteiger partial charge on any atom is 0.414 e. The van der Waals surface area contributed by atoms with Gasteiger partial charge in [-0.15, -0.1) is 0 Å². The number of pyridine rings is 1. The Labute approximate surface area is 110 Å². The van der Waals surface area contributed by atoms with Crippen molar-refractivity contribution in [3.63, 3.8) is 0 Å². The minimum atomic E-state index is -0.528. The minimum Gasteiger partial charge on any atom is -0.508 e. The van der Waals surface area contributed by atoms with Gasteiger partial charge in [0.05, 0.1) is 0 Å². The Bertz CT molecular complexity index is 566. The number of aromatic hydroxyl groups is 1. The van der Waals surface area contributed by atoms with Gasteiger partial charge in [0, 0.05) is 16.9 Å². The Morgan fingerprint density at radius 3 is 2.63 bits per heavy atom. The number of carbonyl (C=O) groups is 1. The highest BCUT2D eigenvalue weighted by Gasteiger charge is 2.22. The first-order valence-electron chi connectivity index (χ1n) is 5.86. The first kappa shape index (κ1) is 12.9. The minimum absolute atomic E-state index is 0.115. The molecule has 0 radical (unpaired) electrons. The number of hydrogen-bond acceptors (Lipinski definition) is 4. The summed E-state index contributed by atoms with van der Waals surface area (Å²) in [5, 5.41) is 9.16. The van der Waals surface area contributed by atoms with Gasteiger partial charge in [-0.2, -0.15) is 0 Å². The highest BCUT2D eigenvalue weighted by molar-refractivity contribution is 5.87. The monoisotopic (exact) mass is 260 g/mol. The van der Waals surface area contributed by atoms with Crippen molar-refractivity contribution in [2.45, 2.75) is 6.92 Å². The summed E-state index contributed by atoms with van der Waals surface area (Å²) in [5.74, 6) is -0.0571. The van der Waals surface area contributed by atoms with E-state index in [1.54, 1.807) is 24.4 Å². The van der Waals surface area contributed by atoms with Crippen molar-refractivity contribution in [2.75, 3.05) is 6.61 Å². The number of aromatic nitrogens is 1. The SMILES string of the molecule is CCO[n+]1ccccc1C(=O)Oc1ccc(O)cc1. The summed E-state index contributed by atoms with van der Waals surface area (Å²) in [4.78, 5) is 17.3. The molecule has 0 aliphatic heterocycles. The van der Waals surface area contributed by atoms with Crippen molar-refractivity contribution in [2.24, 2.45) is 0 Å². The molecule has 0 amide bonds. The van der Waals surface area contributed by atoms with Crippen LogP contribution in [-0.2, 0) is 0 Å². The van der Waals surface area contributed by atoms with E-state index in [0.717, 1.165) is 0 Å². The van der Waals surface area contributed by atoms with Crippen molar-refractivity contribution in [1.82, 2.24) is 0 Å². The second kappa shape index (κ2) is 5.86. The summed E-state index contributed by atoms with van der Waals surface area (Å²) >= 11 is 0. The van der Waals surface area contributed by atoms with Gasteiger partial charge in [-0.3, -0.25) is 4.84 Å². The highest BCUT2D eigenvalue weighted by atomic mass is 16.7. The Balaban J connectivity index is 2.18. The van der Waals surface area contributed by atoms with Crippen LogP contribution in [-0.4, -0.2) is 17.7 Å². The molecule has 1 aromatic heterocycles. The first-order chi connectivity index (χ1) is 9.20. The van der Waals surface area contributed by atoms with Gasteiger partial charge >= 0.3 is 11.7 Å². The fraction of sp³-hybridized carbons (Fsp3) is 0.143. The number of ether oxygens (including phenoxy) is 1. The third-order valence-electron chi connectivity index (χ3n) is 2.35. The Morgan fingerprint density at radius 2 is 1.95 bits per heavy atom. The lowest BCUT2D eigenvalue weighted by atomic mass is 10.3. The standard InChI is InChI=1S/C14H13NO4/c1-2-18-15-10-4-3-5-13(15)14(17)19-12-8-6-11(16)7-9-12/h3-10H,2H2,1H3/p+1. The predicted molar refractivity (Wildman–Crippen MR) is 66.8 cm³/mol. The van der Waals surface area contributed by atoms with Gasteiger partial charge in [0.25, 0.3) is 0 Å². The zero-order valence-corrected chi connectivity index (χ0v) is 10.4. The van der Waals surface area contributed by atoms with E-state index in [0.29, 0.717) is 12.4 Å². The number of phenols is 1. The Kier molecular flexibility index (Phi) is 3.97. The van der Waals surface area contributed by atoms with E-state index in [-0.39, 0.29) is 11.4 Å². The molecule has 0 aliphatic rings. The predicted octanol–water partition coefficient (Wildman–Crippen LogP) is 1.35. The molecule has 2 rings (SSSR count). The van der Waals surface area contributed by atoms with Crippen LogP contribution in [0.15, 0.2) is 48.7 Å². The topological polar surface area (TPSA) is 59.6 Å². The summed E-state index contributed by atoms with van der Waals surface area (Å²) in [6.07, 6.45) is 1.64. The van der Waals surface area contributed by atoms with Crippen LogP contribution >= 0.6 is 0 Å². The van der Waals surface area contributed by atoms with Crippen LogP contribution < -0.4 is 14.3 Å². The molecule has 0 bridgehead atoms. The molecule has 98 valence electrons. The normalized spacial score (nSPS) is 9.95. The van der Waals surface area contributed by atoms with E-state index >= 15 is 0 Å². The maximum atomic E-state index is 12.0. The molecule has 5 nitrogen and oxygen atoms in total. The van der Waals surface area contributed by atoms with Crippen LogP contribution in [0.1, 0.15) is 17.4 Å². The second-order valence-electron chi connectivity index (χ2n) is 3.71. The molecule has 0 unspecified atom stereocenters. The Morgan fingerprint density at radius 1 is 1.21 bits per heavy atom. The molecule has 0 saturated heterocycles. The van der Waals surface area contributed by atoms with Crippen molar-refractivity contribution in [3.8, 4) is 11.5 Å². The van der Waals surface area contributed by atoms with Crippen LogP contribution in [0.3, 0.4) is 0 Å². The van der Waals surface area contributed by atoms with Gasteiger partial charge in [-0.25, -0.2) is 4.79 Å². The molecule has 0 spiro atoms. The summed E-state index contributed by atoms with van der Waals surface area (Å²) in [6.45, 7) is 2.27. The summed E-state index contributed by atoms with van der Waals surface area (Å²) < 4.78 is 6.56. The zero-order valence-electron chi connectivity index (χ0n) is 10.4. The van der Waals surface area contributed by atoms with Crippen molar-refractivity contribution < 1.29 is 24.2 Å². The van der Waals surface area contributed by atoms with E-state index in [1.807, 2.05) is 6.92 Å². The molecular weight excluding hydrogens is 246 g/mol. The number of carbonyl (C=O) groups excluding carboxylic acids is 1. The summed E-state index contributed by atoms with van der Waals surface area (Å²) in [5.41, 5.74) is 0.289. The number of phenolic OH excluding ortho intramolecular Hbond substituents is 1. The third kappa shape index (κ3) is 3.22. The molecule has 0 saturated carbocycles. The van der Waals surface area contributed by atoms with E-state index in [1.165, 1.54) is 29.0 Å². The second-order valence-corrected chi connectivity index (χ2v) is 3.71. The Hall–Kier alpha value is -2.56. The number of esters is 1.